The van der Waals surface area contributed by atoms with E-state index in [9.17, 15) is 5.11 Å². The lowest BCUT2D eigenvalue weighted by Gasteiger charge is -2.24. The number of aromatic hydroxyl groups is 1. The van der Waals surface area contributed by atoms with Gasteiger partial charge in [-0.05, 0) is 37.8 Å². The standard InChI is InChI=1S/C14H21NO2/c1-15(2)11-8-9-13(16)14(10-11)17-12-6-4-3-5-7-12/h8-10,12,16H,3-7H2,1-2H3. The first-order valence-electron chi connectivity index (χ1n) is 6.34. The molecule has 0 aromatic heterocycles. The highest BCUT2D eigenvalue weighted by molar-refractivity contribution is 5.55. The zero-order chi connectivity index (χ0) is 12.3. The first kappa shape index (κ1) is 12.1. The molecular formula is C14H21NO2. The zero-order valence-electron chi connectivity index (χ0n) is 10.6. The molecule has 1 aromatic rings. The summed E-state index contributed by atoms with van der Waals surface area (Å²) in [7, 11) is 3.97. The van der Waals surface area contributed by atoms with Crippen LogP contribution in [0.1, 0.15) is 32.1 Å². The Labute approximate surface area is 103 Å². The smallest absolute Gasteiger partial charge is 0.163 e. The van der Waals surface area contributed by atoms with Crippen molar-refractivity contribution in [1.29, 1.82) is 0 Å². The average molecular weight is 235 g/mol. The Morgan fingerprint density at radius 3 is 2.53 bits per heavy atom. The molecule has 1 aliphatic carbocycles. The molecule has 2 rings (SSSR count). The Balaban J connectivity index is 2.10. The molecule has 1 fully saturated rings. The number of rotatable bonds is 3. The van der Waals surface area contributed by atoms with E-state index in [1.54, 1.807) is 6.07 Å². The summed E-state index contributed by atoms with van der Waals surface area (Å²) in [4.78, 5) is 2.01. The number of hydrogen-bond donors (Lipinski definition) is 1. The summed E-state index contributed by atoms with van der Waals surface area (Å²) in [5, 5.41) is 9.80. The summed E-state index contributed by atoms with van der Waals surface area (Å²) in [5.41, 5.74) is 1.05. The van der Waals surface area contributed by atoms with Crippen LogP contribution in [0.2, 0.25) is 0 Å². The molecule has 0 bridgehead atoms. The van der Waals surface area contributed by atoms with Gasteiger partial charge in [0.15, 0.2) is 11.5 Å². The number of hydrogen-bond acceptors (Lipinski definition) is 3. The van der Waals surface area contributed by atoms with Crippen molar-refractivity contribution in [3.8, 4) is 11.5 Å². The Hall–Kier alpha value is -1.38. The van der Waals surface area contributed by atoms with Crippen molar-refractivity contribution < 1.29 is 9.84 Å². The van der Waals surface area contributed by atoms with E-state index in [0.717, 1.165) is 18.5 Å². The predicted molar refractivity (Wildman–Crippen MR) is 69.9 cm³/mol. The van der Waals surface area contributed by atoms with E-state index >= 15 is 0 Å². The summed E-state index contributed by atoms with van der Waals surface area (Å²) in [6.45, 7) is 0. The highest BCUT2D eigenvalue weighted by atomic mass is 16.5. The molecule has 0 radical (unpaired) electrons. The van der Waals surface area contributed by atoms with Gasteiger partial charge in [-0.3, -0.25) is 0 Å². The second kappa shape index (κ2) is 5.30. The lowest BCUT2D eigenvalue weighted by molar-refractivity contribution is 0.150. The van der Waals surface area contributed by atoms with Gasteiger partial charge in [-0.15, -0.1) is 0 Å². The zero-order valence-corrected chi connectivity index (χ0v) is 10.6. The number of ether oxygens (including phenoxy) is 1. The van der Waals surface area contributed by atoms with Crippen molar-refractivity contribution in [3.63, 3.8) is 0 Å². The number of anilines is 1. The lowest BCUT2D eigenvalue weighted by Crippen LogP contribution is -2.19. The van der Waals surface area contributed by atoms with Gasteiger partial charge in [0.1, 0.15) is 0 Å². The molecule has 1 saturated carbocycles. The van der Waals surface area contributed by atoms with Crippen molar-refractivity contribution in [2.24, 2.45) is 0 Å². The molecule has 0 saturated heterocycles. The maximum atomic E-state index is 9.80. The van der Waals surface area contributed by atoms with Crippen LogP contribution in [0.3, 0.4) is 0 Å². The summed E-state index contributed by atoms with van der Waals surface area (Å²) < 4.78 is 5.90. The van der Waals surface area contributed by atoms with Gasteiger partial charge in [0, 0.05) is 25.8 Å². The summed E-state index contributed by atoms with van der Waals surface area (Å²) in [5.74, 6) is 0.851. The number of nitrogens with zero attached hydrogens (tertiary/aromatic N) is 1. The molecule has 0 atom stereocenters. The van der Waals surface area contributed by atoms with Gasteiger partial charge in [0.2, 0.25) is 0 Å². The van der Waals surface area contributed by atoms with Crippen LogP contribution in [-0.2, 0) is 0 Å². The third kappa shape index (κ3) is 3.05. The molecule has 0 spiro atoms. The summed E-state index contributed by atoms with van der Waals surface area (Å²) in [6.07, 6.45) is 6.25. The number of phenolic OH excluding ortho intramolecular Hbond substituents is 1. The predicted octanol–water partition coefficient (Wildman–Crippen LogP) is 3.17. The van der Waals surface area contributed by atoms with E-state index in [1.807, 2.05) is 31.1 Å². The Kier molecular flexibility index (Phi) is 3.77. The minimum atomic E-state index is 0.237. The van der Waals surface area contributed by atoms with Crippen LogP contribution in [0, 0.1) is 0 Å². The van der Waals surface area contributed by atoms with Crippen molar-refractivity contribution >= 4 is 5.69 Å². The van der Waals surface area contributed by atoms with Crippen LogP contribution in [0.15, 0.2) is 18.2 Å². The second-order valence-corrected chi connectivity index (χ2v) is 4.92. The quantitative estimate of drug-likeness (QED) is 0.873. The summed E-state index contributed by atoms with van der Waals surface area (Å²) >= 11 is 0. The fourth-order valence-electron chi connectivity index (χ4n) is 2.24. The van der Waals surface area contributed by atoms with Crippen LogP contribution in [0.25, 0.3) is 0 Å². The fourth-order valence-corrected chi connectivity index (χ4v) is 2.24. The minimum absolute atomic E-state index is 0.237. The molecular weight excluding hydrogens is 214 g/mol. The molecule has 17 heavy (non-hydrogen) atoms. The van der Waals surface area contributed by atoms with E-state index in [-0.39, 0.29) is 11.9 Å². The normalized spacial score (nSPS) is 16.8. The van der Waals surface area contributed by atoms with Crippen LogP contribution >= 0.6 is 0 Å². The Morgan fingerprint density at radius 1 is 1.18 bits per heavy atom. The van der Waals surface area contributed by atoms with E-state index in [2.05, 4.69) is 0 Å². The molecule has 94 valence electrons. The molecule has 0 aliphatic heterocycles. The summed E-state index contributed by atoms with van der Waals surface area (Å²) in [6, 6.07) is 5.50. The number of phenols is 1. The second-order valence-electron chi connectivity index (χ2n) is 4.92. The van der Waals surface area contributed by atoms with E-state index in [4.69, 9.17) is 4.74 Å². The van der Waals surface area contributed by atoms with Crippen molar-refractivity contribution in [2.75, 3.05) is 19.0 Å². The maximum Gasteiger partial charge on any atom is 0.163 e. The highest BCUT2D eigenvalue weighted by Gasteiger charge is 2.16. The average Bonchev–Trinajstić information content (AvgIpc) is 2.33. The van der Waals surface area contributed by atoms with Crippen molar-refractivity contribution in [1.82, 2.24) is 0 Å². The molecule has 1 aromatic carbocycles. The van der Waals surface area contributed by atoms with Gasteiger partial charge in [-0.2, -0.15) is 0 Å². The fraction of sp³-hybridized carbons (Fsp3) is 0.571. The van der Waals surface area contributed by atoms with Gasteiger partial charge >= 0.3 is 0 Å². The van der Waals surface area contributed by atoms with Crippen LogP contribution < -0.4 is 9.64 Å². The van der Waals surface area contributed by atoms with Crippen molar-refractivity contribution in [2.45, 2.75) is 38.2 Å². The molecule has 0 heterocycles. The van der Waals surface area contributed by atoms with E-state index in [1.165, 1.54) is 19.3 Å². The van der Waals surface area contributed by atoms with Gasteiger partial charge < -0.3 is 14.7 Å². The topological polar surface area (TPSA) is 32.7 Å². The van der Waals surface area contributed by atoms with Crippen LogP contribution in [-0.4, -0.2) is 25.3 Å². The molecule has 0 amide bonds. The van der Waals surface area contributed by atoms with E-state index in [0.29, 0.717) is 5.75 Å². The molecule has 1 aliphatic rings. The van der Waals surface area contributed by atoms with Crippen LogP contribution in [0.5, 0.6) is 11.5 Å². The first-order chi connectivity index (χ1) is 8.16. The Morgan fingerprint density at radius 2 is 1.88 bits per heavy atom. The molecule has 1 N–H and O–H groups in total. The first-order valence-corrected chi connectivity index (χ1v) is 6.34. The van der Waals surface area contributed by atoms with Crippen LogP contribution in [0.4, 0.5) is 5.69 Å². The Bertz CT molecular complexity index is 370. The SMILES string of the molecule is CN(C)c1ccc(O)c(OC2CCCCC2)c1. The highest BCUT2D eigenvalue weighted by Crippen LogP contribution is 2.33. The molecule has 3 heteroatoms. The maximum absolute atomic E-state index is 9.80. The largest absolute Gasteiger partial charge is 0.504 e. The lowest BCUT2D eigenvalue weighted by atomic mass is 9.98. The van der Waals surface area contributed by atoms with Gasteiger partial charge in [0.05, 0.1) is 6.10 Å². The molecule has 0 unspecified atom stereocenters. The van der Waals surface area contributed by atoms with Crippen molar-refractivity contribution in [3.05, 3.63) is 18.2 Å². The van der Waals surface area contributed by atoms with E-state index < -0.39 is 0 Å². The number of benzene rings is 1. The van der Waals surface area contributed by atoms with Gasteiger partial charge in [0.25, 0.3) is 0 Å². The monoisotopic (exact) mass is 235 g/mol. The van der Waals surface area contributed by atoms with Gasteiger partial charge in [-0.1, -0.05) is 6.42 Å². The third-order valence-corrected chi connectivity index (χ3v) is 3.31. The third-order valence-electron chi connectivity index (χ3n) is 3.31. The minimum Gasteiger partial charge on any atom is -0.504 e. The molecule has 3 nitrogen and oxygen atoms in total. The van der Waals surface area contributed by atoms with Gasteiger partial charge in [-0.25, -0.2) is 0 Å².